The van der Waals surface area contributed by atoms with Crippen molar-refractivity contribution in [3.63, 3.8) is 0 Å². The third-order valence-electron chi connectivity index (χ3n) is 3.61. The number of thiophene rings is 1. The highest BCUT2D eigenvalue weighted by atomic mass is 32.1. The van der Waals surface area contributed by atoms with Crippen molar-refractivity contribution in [1.29, 1.82) is 0 Å². The highest BCUT2D eigenvalue weighted by Gasteiger charge is 2.32. The lowest BCUT2D eigenvalue weighted by atomic mass is 10.2. The molecule has 0 aromatic carbocycles. The molecule has 1 fully saturated rings. The van der Waals surface area contributed by atoms with E-state index in [-0.39, 0.29) is 0 Å². The monoisotopic (exact) mass is 301 g/mol. The molecule has 0 bridgehead atoms. The first-order valence-electron chi connectivity index (χ1n) is 6.80. The zero-order chi connectivity index (χ0) is 14.2. The number of nitrogens with one attached hydrogen (secondary N) is 2. The largest absolute Gasteiger partial charge is 0.348 e. The molecule has 3 aromatic rings. The molecule has 21 heavy (non-hydrogen) atoms. The van der Waals surface area contributed by atoms with Crippen molar-refractivity contribution >= 4 is 34.1 Å². The predicted molar refractivity (Wildman–Crippen MR) is 83.0 cm³/mol. The molecule has 0 unspecified atom stereocenters. The maximum atomic E-state index is 5.48. The van der Waals surface area contributed by atoms with Crippen LogP contribution in [0.2, 0.25) is 0 Å². The number of anilines is 2. The van der Waals surface area contributed by atoms with Crippen molar-refractivity contribution in [3.8, 4) is 0 Å². The van der Waals surface area contributed by atoms with E-state index in [1.807, 2.05) is 0 Å². The Morgan fingerprint density at radius 1 is 1.43 bits per heavy atom. The second-order valence-corrected chi connectivity index (χ2v) is 5.92. The number of hydrazine groups is 1. The normalized spacial score (nSPS) is 14.5. The van der Waals surface area contributed by atoms with Crippen LogP contribution in [-0.2, 0) is 6.54 Å². The highest BCUT2D eigenvalue weighted by Crippen LogP contribution is 2.35. The Morgan fingerprint density at radius 3 is 3.05 bits per heavy atom. The minimum Gasteiger partial charge on any atom is -0.348 e. The van der Waals surface area contributed by atoms with E-state index in [9.17, 15) is 0 Å². The fraction of sp³-hybridized carbons (Fsp3) is 0.308. The molecule has 3 heterocycles. The van der Waals surface area contributed by atoms with Gasteiger partial charge in [0.15, 0.2) is 5.65 Å². The molecule has 4 rings (SSSR count). The maximum absolute atomic E-state index is 5.48. The number of H-pyrrole nitrogens is 1. The van der Waals surface area contributed by atoms with Crippen molar-refractivity contribution in [1.82, 2.24) is 20.2 Å². The molecule has 1 aliphatic carbocycles. The Bertz CT molecular complexity index is 747. The summed E-state index contributed by atoms with van der Waals surface area (Å²) in [5.74, 6) is 6.77. The second-order valence-electron chi connectivity index (χ2n) is 5.14. The van der Waals surface area contributed by atoms with Crippen molar-refractivity contribution in [2.45, 2.75) is 25.4 Å². The number of fused-ring (bicyclic) bond motifs is 1. The average Bonchev–Trinajstić information content (AvgIpc) is 3.02. The van der Waals surface area contributed by atoms with Crippen LogP contribution in [0.1, 0.15) is 18.4 Å². The van der Waals surface area contributed by atoms with Gasteiger partial charge in [0.05, 0.1) is 11.6 Å². The highest BCUT2D eigenvalue weighted by molar-refractivity contribution is 7.07. The molecular formula is C13H15N7S. The lowest BCUT2D eigenvalue weighted by Gasteiger charge is -2.24. The molecule has 0 atom stereocenters. The van der Waals surface area contributed by atoms with E-state index in [0.29, 0.717) is 17.6 Å². The van der Waals surface area contributed by atoms with Gasteiger partial charge in [-0.25, -0.2) is 5.84 Å². The summed E-state index contributed by atoms with van der Waals surface area (Å²) in [6, 6.07) is 2.68. The number of rotatable bonds is 5. The zero-order valence-electron chi connectivity index (χ0n) is 11.3. The lowest BCUT2D eigenvalue weighted by molar-refractivity contribution is 0.783. The van der Waals surface area contributed by atoms with Crippen molar-refractivity contribution in [3.05, 3.63) is 28.6 Å². The summed E-state index contributed by atoms with van der Waals surface area (Å²) in [6.07, 6.45) is 4.16. The molecule has 0 radical (unpaired) electrons. The number of nitrogen functional groups attached to an aromatic ring is 1. The Morgan fingerprint density at radius 2 is 2.33 bits per heavy atom. The average molecular weight is 301 g/mol. The number of aromatic amines is 1. The number of nitrogens with two attached hydrogens (primary N) is 1. The van der Waals surface area contributed by atoms with Gasteiger partial charge < -0.3 is 4.90 Å². The van der Waals surface area contributed by atoms with Crippen LogP contribution in [0.15, 0.2) is 23.0 Å². The molecule has 108 valence electrons. The van der Waals surface area contributed by atoms with Crippen LogP contribution in [0, 0.1) is 0 Å². The first kappa shape index (κ1) is 12.5. The van der Waals surface area contributed by atoms with Gasteiger partial charge in [-0.2, -0.15) is 26.4 Å². The summed E-state index contributed by atoms with van der Waals surface area (Å²) < 4.78 is 0. The first-order chi connectivity index (χ1) is 10.3. The molecule has 0 amide bonds. The lowest BCUT2D eigenvalue weighted by Crippen LogP contribution is -2.26. The molecular weight excluding hydrogens is 286 g/mol. The summed E-state index contributed by atoms with van der Waals surface area (Å²) in [6.45, 7) is 0.843. The van der Waals surface area contributed by atoms with Crippen LogP contribution in [-0.4, -0.2) is 26.2 Å². The third kappa shape index (κ3) is 2.32. The third-order valence-corrected chi connectivity index (χ3v) is 4.34. The van der Waals surface area contributed by atoms with Gasteiger partial charge in [-0.15, -0.1) is 0 Å². The minimum absolute atomic E-state index is 0.401. The Labute approximate surface area is 125 Å². The molecule has 1 saturated carbocycles. The zero-order valence-corrected chi connectivity index (χ0v) is 12.1. The summed E-state index contributed by atoms with van der Waals surface area (Å²) >= 11 is 1.71. The topological polar surface area (TPSA) is 95.7 Å². The molecule has 1 aliphatic rings. The van der Waals surface area contributed by atoms with Crippen LogP contribution in [0.5, 0.6) is 0 Å². The van der Waals surface area contributed by atoms with Gasteiger partial charge in [0.25, 0.3) is 0 Å². The van der Waals surface area contributed by atoms with Gasteiger partial charge in [-0.3, -0.25) is 10.5 Å². The summed E-state index contributed by atoms with van der Waals surface area (Å²) in [4.78, 5) is 11.2. The predicted octanol–water partition coefficient (Wildman–Crippen LogP) is 1.87. The van der Waals surface area contributed by atoms with Crippen LogP contribution in [0.25, 0.3) is 11.0 Å². The molecule has 0 aliphatic heterocycles. The smallest absolute Gasteiger partial charge is 0.241 e. The van der Waals surface area contributed by atoms with Gasteiger partial charge in [0, 0.05) is 12.6 Å². The SMILES string of the molecule is NNc1nc(N(Cc2ccsc2)C2CC2)c2cn[nH]c2n1. The van der Waals surface area contributed by atoms with Gasteiger partial charge >= 0.3 is 0 Å². The Balaban J connectivity index is 1.79. The first-order valence-corrected chi connectivity index (χ1v) is 7.75. The van der Waals surface area contributed by atoms with Crippen LogP contribution in [0.3, 0.4) is 0 Å². The van der Waals surface area contributed by atoms with E-state index < -0.39 is 0 Å². The number of hydrogen-bond acceptors (Lipinski definition) is 7. The molecule has 7 nitrogen and oxygen atoms in total. The van der Waals surface area contributed by atoms with Crippen LogP contribution < -0.4 is 16.2 Å². The van der Waals surface area contributed by atoms with Gasteiger partial charge in [-0.05, 0) is 35.2 Å². The van der Waals surface area contributed by atoms with E-state index in [4.69, 9.17) is 5.84 Å². The second kappa shape index (κ2) is 4.97. The van der Waals surface area contributed by atoms with E-state index >= 15 is 0 Å². The maximum Gasteiger partial charge on any atom is 0.241 e. The summed E-state index contributed by atoms with van der Waals surface area (Å²) in [5.41, 5.74) is 4.52. The fourth-order valence-corrected chi connectivity index (χ4v) is 3.11. The van der Waals surface area contributed by atoms with Crippen LogP contribution in [0.4, 0.5) is 11.8 Å². The Kier molecular flexibility index (Phi) is 2.97. The summed E-state index contributed by atoms with van der Waals surface area (Å²) in [5, 5.41) is 12.2. The van der Waals surface area contributed by atoms with Crippen LogP contribution >= 0.6 is 11.3 Å². The van der Waals surface area contributed by atoms with Gasteiger partial charge in [-0.1, -0.05) is 0 Å². The van der Waals surface area contributed by atoms with Gasteiger partial charge in [0.2, 0.25) is 5.95 Å². The molecule has 8 heteroatoms. The number of aromatic nitrogens is 4. The minimum atomic E-state index is 0.401. The van der Waals surface area contributed by atoms with Crippen molar-refractivity contribution in [2.75, 3.05) is 10.3 Å². The molecule has 0 saturated heterocycles. The van der Waals surface area contributed by atoms with E-state index in [2.05, 4.69) is 47.3 Å². The standard InChI is InChI=1S/C13H15N7S/c14-18-13-16-11-10(5-15-19-11)12(17-13)20(9-1-2-9)6-8-3-4-21-7-8/h3-5,7,9H,1-2,6,14H2,(H2,15,16,17,18,19). The van der Waals surface area contributed by atoms with E-state index in [1.165, 1.54) is 18.4 Å². The number of nitrogens with zero attached hydrogens (tertiary/aromatic N) is 4. The number of hydrogen-bond donors (Lipinski definition) is 3. The molecule has 0 spiro atoms. The summed E-state index contributed by atoms with van der Waals surface area (Å²) in [7, 11) is 0. The van der Waals surface area contributed by atoms with E-state index in [0.717, 1.165) is 17.7 Å². The van der Waals surface area contributed by atoms with Gasteiger partial charge in [0.1, 0.15) is 5.82 Å². The van der Waals surface area contributed by atoms with Crippen molar-refractivity contribution < 1.29 is 0 Å². The quantitative estimate of drug-likeness (QED) is 0.492. The molecule has 3 aromatic heterocycles. The molecule has 4 N–H and O–H groups in total. The van der Waals surface area contributed by atoms with E-state index in [1.54, 1.807) is 17.5 Å². The van der Waals surface area contributed by atoms with Crippen molar-refractivity contribution in [2.24, 2.45) is 5.84 Å². The fourth-order valence-electron chi connectivity index (χ4n) is 2.45. The Hall–Kier alpha value is -2.19.